The fourth-order valence-electron chi connectivity index (χ4n) is 2.07. The number of nitrogens with zero attached hydrogens (tertiary/aromatic N) is 1. The van der Waals surface area contributed by atoms with Crippen LogP contribution in [-0.4, -0.2) is 19.0 Å². The molecule has 0 unspecified atom stereocenters. The number of aryl methyl sites for hydroxylation is 1. The number of benzene rings is 2. The van der Waals surface area contributed by atoms with Crippen LogP contribution < -0.4 is 5.73 Å². The summed E-state index contributed by atoms with van der Waals surface area (Å²) in [7, 11) is 4.15. The summed E-state index contributed by atoms with van der Waals surface area (Å²) >= 11 is 0. The third-order valence-electron chi connectivity index (χ3n) is 2.97. The van der Waals surface area contributed by atoms with Gasteiger partial charge in [0.05, 0.1) is 0 Å². The lowest BCUT2D eigenvalue weighted by Gasteiger charge is -2.11. The molecular formula is C16H20N2. The van der Waals surface area contributed by atoms with E-state index in [0.717, 1.165) is 17.8 Å². The first kappa shape index (κ1) is 12.7. The molecule has 0 spiro atoms. The highest BCUT2D eigenvalue weighted by Crippen LogP contribution is 2.27. The molecule has 0 saturated heterocycles. The molecule has 0 atom stereocenters. The molecule has 0 aliphatic heterocycles. The van der Waals surface area contributed by atoms with Crippen molar-refractivity contribution in [1.29, 1.82) is 0 Å². The first-order chi connectivity index (χ1) is 8.56. The quantitative estimate of drug-likeness (QED) is 0.834. The van der Waals surface area contributed by atoms with E-state index in [2.05, 4.69) is 56.3 Å². The first-order valence-corrected chi connectivity index (χ1v) is 6.16. The van der Waals surface area contributed by atoms with Gasteiger partial charge in [-0.2, -0.15) is 0 Å². The number of nitrogens with two attached hydrogens (primary N) is 1. The molecule has 2 heteroatoms. The van der Waals surface area contributed by atoms with Crippen molar-refractivity contribution in [3.05, 3.63) is 53.6 Å². The second-order valence-corrected chi connectivity index (χ2v) is 5.03. The van der Waals surface area contributed by atoms with Crippen LogP contribution in [0.2, 0.25) is 0 Å². The Hall–Kier alpha value is -1.80. The van der Waals surface area contributed by atoms with Crippen LogP contribution in [0.1, 0.15) is 11.1 Å². The largest absolute Gasteiger partial charge is 0.398 e. The molecule has 0 aliphatic carbocycles. The smallest absolute Gasteiger partial charge is 0.0393 e. The maximum atomic E-state index is 6.03. The fourth-order valence-corrected chi connectivity index (χ4v) is 2.07. The van der Waals surface area contributed by atoms with Crippen molar-refractivity contribution < 1.29 is 0 Å². The van der Waals surface area contributed by atoms with E-state index in [1.54, 1.807) is 0 Å². The van der Waals surface area contributed by atoms with Gasteiger partial charge in [-0.1, -0.05) is 35.9 Å². The van der Waals surface area contributed by atoms with Gasteiger partial charge in [-0.25, -0.2) is 0 Å². The van der Waals surface area contributed by atoms with E-state index in [-0.39, 0.29) is 0 Å². The van der Waals surface area contributed by atoms with Gasteiger partial charge in [0.25, 0.3) is 0 Å². The molecule has 0 fully saturated rings. The molecule has 2 N–H and O–H groups in total. The van der Waals surface area contributed by atoms with Gasteiger partial charge >= 0.3 is 0 Å². The van der Waals surface area contributed by atoms with Gasteiger partial charge in [0, 0.05) is 17.8 Å². The highest BCUT2D eigenvalue weighted by Gasteiger charge is 2.03. The minimum Gasteiger partial charge on any atom is -0.398 e. The van der Waals surface area contributed by atoms with E-state index in [4.69, 9.17) is 5.73 Å². The average Bonchev–Trinajstić information content (AvgIpc) is 2.33. The first-order valence-electron chi connectivity index (χ1n) is 6.16. The average molecular weight is 240 g/mol. The molecule has 18 heavy (non-hydrogen) atoms. The highest BCUT2D eigenvalue weighted by atomic mass is 15.0. The van der Waals surface area contributed by atoms with Crippen LogP contribution >= 0.6 is 0 Å². The van der Waals surface area contributed by atoms with E-state index in [1.165, 1.54) is 16.7 Å². The van der Waals surface area contributed by atoms with Gasteiger partial charge in [-0.15, -0.1) is 0 Å². The summed E-state index contributed by atoms with van der Waals surface area (Å²) in [6.45, 7) is 3.05. The van der Waals surface area contributed by atoms with Gasteiger partial charge in [0.1, 0.15) is 0 Å². The Morgan fingerprint density at radius 2 is 1.67 bits per heavy atom. The van der Waals surface area contributed by atoms with Crippen molar-refractivity contribution >= 4 is 5.69 Å². The minimum absolute atomic E-state index is 0.834. The van der Waals surface area contributed by atoms with Crippen LogP contribution in [0.15, 0.2) is 42.5 Å². The normalized spacial score (nSPS) is 10.9. The van der Waals surface area contributed by atoms with E-state index < -0.39 is 0 Å². The molecular weight excluding hydrogens is 220 g/mol. The van der Waals surface area contributed by atoms with Crippen molar-refractivity contribution in [3.8, 4) is 11.1 Å². The zero-order chi connectivity index (χ0) is 13.1. The van der Waals surface area contributed by atoms with Gasteiger partial charge < -0.3 is 10.6 Å². The zero-order valence-electron chi connectivity index (χ0n) is 11.3. The molecule has 0 aliphatic rings. The van der Waals surface area contributed by atoms with Crippen LogP contribution in [0.4, 0.5) is 5.69 Å². The number of anilines is 1. The van der Waals surface area contributed by atoms with Gasteiger partial charge in [-0.05, 0) is 44.3 Å². The molecule has 0 amide bonds. The monoisotopic (exact) mass is 240 g/mol. The molecule has 0 bridgehead atoms. The second kappa shape index (κ2) is 5.23. The lowest BCUT2D eigenvalue weighted by Crippen LogP contribution is -2.10. The molecule has 2 aromatic rings. The number of hydrogen-bond acceptors (Lipinski definition) is 2. The zero-order valence-corrected chi connectivity index (χ0v) is 11.3. The summed E-state index contributed by atoms with van der Waals surface area (Å²) in [5.74, 6) is 0. The molecule has 2 aromatic carbocycles. The van der Waals surface area contributed by atoms with Crippen molar-refractivity contribution in [2.75, 3.05) is 19.8 Å². The van der Waals surface area contributed by atoms with Crippen LogP contribution in [0.3, 0.4) is 0 Å². The van der Waals surface area contributed by atoms with E-state index in [0.29, 0.717) is 0 Å². The number of hydrogen-bond donors (Lipinski definition) is 1. The van der Waals surface area contributed by atoms with Crippen LogP contribution in [0.25, 0.3) is 11.1 Å². The molecule has 0 radical (unpaired) electrons. The van der Waals surface area contributed by atoms with E-state index in [9.17, 15) is 0 Å². The molecule has 2 nitrogen and oxygen atoms in total. The van der Waals surface area contributed by atoms with Crippen molar-refractivity contribution in [2.24, 2.45) is 0 Å². The van der Waals surface area contributed by atoms with Gasteiger partial charge in [0.2, 0.25) is 0 Å². The van der Waals surface area contributed by atoms with E-state index >= 15 is 0 Å². The summed E-state index contributed by atoms with van der Waals surface area (Å²) in [4.78, 5) is 2.16. The van der Waals surface area contributed by atoms with Gasteiger partial charge in [0.15, 0.2) is 0 Å². The van der Waals surface area contributed by atoms with Gasteiger partial charge in [-0.3, -0.25) is 0 Å². The topological polar surface area (TPSA) is 29.3 Å². The second-order valence-electron chi connectivity index (χ2n) is 5.03. The molecule has 0 aromatic heterocycles. The predicted molar refractivity (Wildman–Crippen MR) is 78.4 cm³/mol. The molecule has 94 valence electrons. The third kappa shape index (κ3) is 2.90. The lowest BCUT2D eigenvalue weighted by atomic mass is 10.0. The standard InChI is InChI=1S/C16H20N2/c1-12-4-9-16(17)15(10-12)14-7-5-13(6-8-14)11-18(2)3/h4-10H,11,17H2,1-3H3. The van der Waals surface area contributed by atoms with Crippen molar-refractivity contribution in [2.45, 2.75) is 13.5 Å². The molecule has 0 saturated carbocycles. The Morgan fingerprint density at radius 1 is 1.00 bits per heavy atom. The van der Waals surface area contributed by atoms with Crippen LogP contribution in [-0.2, 0) is 6.54 Å². The highest BCUT2D eigenvalue weighted by molar-refractivity contribution is 5.76. The molecule has 2 rings (SSSR count). The lowest BCUT2D eigenvalue weighted by molar-refractivity contribution is 0.402. The van der Waals surface area contributed by atoms with Crippen LogP contribution in [0, 0.1) is 6.92 Å². The Kier molecular flexibility index (Phi) is 3.68. The molecule has 0 heterocycles. The summed E-state index contributed by atoms with van der Waals surface area (Å²) in [5.41, 5.74) is 11.7. The SMILES string of the molecule is Cc1ccc(N)c(-c2ccc(CN(C)C)cc2)c1. The fraction of sp³-hybridized carbons (Fsp3) is 0.250. The summed E-state index contributed by atoms with van der Waals surface area (Å²) in [6.07, 6.45) is 0. The van der Waals surface area contributed by atoms with Crippen molar-refractivity contribution in [3.63, 3.8) is 0 Å². The minimum atomic E-state index is 0.834. The van der Waals surface area contributed by atoms with Crippen LogP contribution in [0.5, 0.6) is 0 Å². The van der Waals surface area contributed by atoms with Crippen molar-refractivity contribution in [1.82, 2.24) is 4.90 Å². The number of rotatable bonds is 3. The Bertz CT molecular complexity index is 527. The predicted octanol–water partition coefficient (Wildman–Crippen LogP) is 3.31. The maximum absolute atomic E-state index is 6.03. The maximum Gasteiger partial charge on any atom is 0.0393 e. The summed E-state index contributed by atoms with van der Waals surface area (Å²) in [6, 6.07) is 14.8. The summed E-state index contributed by atoms with van der Waals surface area (Å²) in [5, 5.41) is 0. The Balaban J connectivity index is 2.31. The third-order valence-corrected chi connectivity index (χ3v) is 2.97. The Labute approximate surface area is 109 Å². The summed E-state index contributed by atoms with van der Waals surface area (Å²) < 4.78 is 0. The van der Waals surface area contributed by atoms with E-state index in [1.807, 2.05) is 12.1 Å². The number of nitrogen functional groups attached to an aromatic ring is 1. The Morgan fingerprint density at radius 3 is 2.28 bits per heavy atom.